The Hall–Kier alpha value is 0.570. The van der Waals surface area contributed by atoms with Gasteiger partial charge in [0.15, 0.2) is 0 Å². The second-order valence-electron chi connectivity index (χ2n) is 4.52. The molecule has 1 aromatic carbocycles. The van der Waals surface area contributed by atoms with Gasteiger partial charge in [-0.3, -0.25) is 0 Å². The van der Waals surface area contributed by atoms with Crippen LogP contribution >= 0.6 is 47.8 Å². The molecule has 3 nitrogen and oxygen atoms in total. The van der Waals surface area contributed by atoms with E-state index in [1.54, 1.807) is 18.2 Å². The summed E-state index contributed by atoms with van der Waals surface area (Å²) in [6.45, 7) is 4.61. The maximum Gasteiger partial charge on any atom is 0.241 e. The fourth-order valence-electron chi connectivity index (χ4n) is 1.92. The van der Waals surface area contributed by atoms with Crippen molar-refractivity contribution in [3.05, 3.63) is 27.1 Å². The van der Waals surface area contributed by atoms with Crippen LogP contribution in [0.25, 0.3) is 0 Å². The van der Waals surface area contributed by atoms with Crippen LogP contribution in [0.4, 0.5) is 0 Å². The molecule has 0 spiro atoms. The fraction of sp³-hybridized carbons (Fsp3) is 0.538. The molecule has 0 radical (unpaired) electrons. The molecule has 114 valence electrons. The second kappa shape index (κ2) is 8.27. The van der Waals surface area contributed by atoms with E-state index >= 15 is 0 Å². The molecule has 1 N–H and O–H groups in total. The van der Waals surface area contributed by atoms with Crippen molar-refractivity contribution in [3.8, 4) is 0 Å². The number of alkyl halides is 1. The third kappa shape index (κ3) is 5.09. The molecule has 0 fully saturated rings. The largest absolute Gasteiger partial charge is 0.241 e. The van der Waals surface area contributed by atoms with E-state index in [4.69, 9.17) is 0 Å². The summed E-state index contributed by atoms with van der Waals surface area (Å²) in [5, 5.41) is 0. The first-order chi connectivity index (χ1) is 9.31. The Morgan fingerprint density at radius 3 is 2.35 bits per heavy atom. The topological polar surface area (TPSA) is 46.2 Å². The van der Waals surface area contributed by atoms with Gasteiger partial charge in [0.05, 0.1) is 4.90 Å². The van der Waals surface area contributed by atoms with Crippen molar-refractivity contribution in [2.24, 2.45) is 5.92 Å². The van der Waals surface area contributed by atoms with Crippen LogP contribution in [-0.4, -0.2) is 19.8 Å². The van der Waals surface area contributed by atoms with Gasteiger partial charge in [-0.05, 0) is 40.0 Å². The summed E-state index contributed by atoms with van der Waals surface area (Å²) in [5.41, 5.74) is 0. The van der Waals surface area contributed by atoms with Gasteiger partial charge < -0.3 is 0 Å². The predicted octanol–water partition coefficient (Wildman–Crippen LogP) is 4.69. The third-order valence-electron chi connectivity index (χ3n) is 3.21. The van der Waals surface area contributed by atoms with E-state index in [9.17, 15) is 8.42 Å². The Bertz CT molecular complexity index is 545. The Balaban J connectivity index is 2.83. The second-order valence-corrected chi connectivity index (χ2v) is 9.20. The Morgan fingerprint density at radius 1 is 1.20 bits per heavy atom. The van der Waals surface area contributed by atoms with Crippen LogP contribution in [0.2, 0.25) is 0 Å². The molecule has 20 heavy (non-hydrogen) atoms. The van der Waals surface area contributed by atoms with Crippen molar-refractivity contribution < 1.29 is 8.42 Å². The smallest absolute Gasteiger partial charge is 0.210 e. The van der Waals surface area contributed by atoms with Gasteiger partial charge >= 0.3 is 0 Å². The van der Waals surface area contributed by atoms with Crippen LogP contribution in [0.1, 0.15) is 26.7 Å². The minimum atomic E-state index is -3.52. The Labute approximate surface area is 146 Å². The predicted molar refractivity (Wildman–Crippen MR) is 93.8 cm³/mol. The number of sulfonamides is 1. The Morgan fingerprint density at radius 2 is 1.80 bits per heavy atom. The highest BCUT2D eigenvalue weighted by molar-refractivity contribution is 9.11. The summed E-state index contributed by atoms with van der Waals surface area (Å²) in [5.74, 6) is 0.462. The number of benzene rings is 1. The molecule has 1 aromatic rings. The molecular weight excluding hydrogens is 474 g/mol. The number of nitrogens with one attached hydrogen (secondary N) is 1. The maximum absolute atomic E-state index is 12.3. The highest BCUT2D eigenvalue weighted by Gasteiger charge is 2.21. The van der Waals surface area contributed by atoms with Gasteiger partial charge in [0.1, 0.15) is 0 Å². The van der Waals surface area contributed by atoms with Gasteiger partial charge in [0.2, 0.25) is 10.0 Å². The Kier molecular flexibility index (Phi) is 7.70. The number of hydrogen-bond donors (Lipinski definition) is 1. The first-order valence-electron chi connectivity index (χ1n) is 6.40. The molecular formula is C13H18Br3NO2S. The molecule has 0 saturated heterocycles. The zero-order valence-corrected chi connectivity index (χ0v) is 16.9. The van der Waals surface area contributed by atoms with E-state index in [1.165, 1.54) is 0 Å². The van der Waals surface area contributed by atoms with E-state index in [1.807, 2.05) is 0 Å². The van der Waals surface area contributed by atoms with Gasteiger partial charge in [0.25, 0.3) is 0 Å². The van der Waals surface area contributed by atoms with Crippen molar-refractivity contribution in [2.75, 3.05) is 6.54 Å². The highest BCUT2D eigenvalue weighted by atomic mass is 79.9. The van der Waals surface area contributed by atoms with Crippen molar-refractivity contribution in [3.63, 3.8) is 0 Å². The minimum Gasteiger partial charge on any atom is -0.210 e. The highest BCUT2D eigenvalue weighted by Crippen LogP contribution is 2.26. The molecule has 0 aliphatic rings. The van der Waals surface area contributed by atoms with Crippen LogP contribution in [0, 0.1) is 5.92 Å². The van der Waals surface area contributed by atoms with Gasteiger partial charge in [0, 0.05) is 20.3 Å². The summed E-state index contributed by atoms with van der Waals surface area (Å²) >= 11 is 10.1. The molecule has 0 saturated carbocycles. The van der Waals surface area contributed by atoms with E-state index < -0.39 is 10.0 Å². The minimum absolute atomic E-state index is 0.137. The summed E-state index contributed by atoms with van der Waals surface area (Å²) in [4.78, 5) is 0.384. The lowest BCUT2D eigenvalue weighted by molar-refractivity contribution is 0.471. The van der Waals surface area contributed by atoms with Gasteiger partial charge in [-0.25, -0.2) is 13.1 Å². The van der Waals surface area contributed by atoms with Crippen LogP contribution in [0.15, 0.2) is 32.0 Å². The lowest BCUT2D eigenvalue weighted by atomic mass is 10.00. The van der Waals surface area contributed by atoms with Crippen LogP contribution in [0.5, 0.6) is 0 Å². The molecule has 1 unspecified atom stereocenters. The third-order valence-corrected chi connectivity index (χ3v) is 7.19. The van der Waals surface area contributed by atoms with E-state index in [0.29, 0.717) is 16.9 Å². The normalized spacial score (nSPS) is 13.7. The molecule has 1 rings (SSSR count). The zero-order chi connectivity index (χ0) is 15.3. The van der Waals surface area contributed by atoms with Crippen molar-refractivity contribution >= 4 is 57.8 Å². The number of rotatable bonds is 7. The van der Waals surface area contributed by atoms with E-state index in [0.717, 1.165) is 17.3 Å². The van der Waals surface area contributed by atoms with Crippen molar-refractivity contribution in [2.45, 2.75) is 36.4 Å². The van der Waals surface area contributed by atoms with E-state index in [2.05, 4.69) is 66.4 Å². The summed E-state index contributed by atoms with van der Waals surface area (Å²) in [6.07, 6.45) is 2.05. The first kappa shape index (κ1) is 18.6. The number of hydrogen-bond acceptors (Lipinski definition) is 2. The SMILES string of the molecule is CCC(CC)C(Br)CNS(=O)(=O)c1cc(Br)ccc1Br. The van der Waals surface area contributed by atoms with Gasteiger partial charge in [-0.2, -0.15) is 0 Å². The van der Waals surface area contributed by atoms with Gasteiger partial charge in [-0.1, -0.05) is 58.5 Å². The molecule has 0 heterocycles. The fourth-order valence-corrected chi connectivity index (χ4v) is 5.60. The summed E-state index contributed by atoms with van der Waals surface area (Å²) in [7, 11) is -3.52. The van der Waals surface area contributed by atoms with E-state index in [-0.39, 0.29) is 9.72 Å². The lowest BCUT2D eigenvalue weighted by Crippen LogP contribution is -2.33. The molecule has 0 amide bonds. The molecule has 7 heteroatoms. The summed E-state index contributed by atoms with van der Waals surface area (Å²) in [6, 6.07) is 5.10. The zero-order valence-electron chi connectivity index (χ0n) is 11.4. The average Bonchev–Trinajstić information content (AvgIpc) is 2.40. The van der Waals surface area contributed by atoms with Crippen LogP contribution < -0.4 is 4.72 Å². The first-order valence-corrected chi connectivity index (χ1v) is 10.4. The molecule has 0 aliphatic carbocycles. The van der Waals surface area contributed by atoms with Crippen LogP contribution in [0.3, 0.4) is 0 Å². The maximum atomic E-state index is 12.3. The quantitative estimate of drug-likeness (QED) is 0.562. The van der Waals surface area contributed by atoms with Crippen molar-refractivity contribution in [1.29, 1.82) is 0 Å². The monoisotopic (exact) mass is 489 g/mol. The van der Waals surface area contributed by atoms with Crippen LogP contribution in [-0.2, 0) is 10.0 Å². The number of halogens is 3. The van der Waals surface area contributed by atoms with Gasteiger partial charge in [-0.15, -0.1) is 0 Å². The molecule has 1 atom stereocenters. The molecule has 0 bridgehead atoms. The van der Waals surface area contributed by atoms with Crippen molar-refractivity contribution in [1.82, 2.24) is 4.72 Å². The molecule has 0 aromatic heterocycles. The standard InChI is InChI=1S/C13H18Br3NO2S/c1-3-9(4-2)12(16)8-17-20(18,19)13-7-10(14)5-6-11(13)15/h5-7,9,12,17H,3-4,8H2,1-2H3. The summed E-state index contributed by atoms with van der Waals surface area (Å²) < 4.78 is 28.6. The molecule has 0 aliphatic heterocycles. The average molecular weight is 492 g/mol. The lowest BCUT2D eigenvalue weighted by Gasteiger charge is -2.20.